The summed E-state index contributed by atoms with van der Waals surface area (Å²) in [5.41, 5.74) is -0.163. The van der Waals surface area contributed by atoms with Crippen molar-refractivity contribution >= 4 is 5.82 Å². The quantitative estimate of drug-likeness (QED) is 0.668. The highest BCUT2D eigenvalue weighted by atomic mass is 16.3. The van der Waals surface area contributed by atoms with Crippen LogP contribution < -0.4 is 10.9 Å². The molecule has 1 heterocycles. The molecule has 1 rings (SSSR count). The summed E-state index contributed by atoms with van der Waals surface area (Å²) in [6.45, 7) is 3.89. The van der Waals surface area contributed by atoms with Crippen molar-refractivity contribution in [1.82, 2.24) is 9.97 Å². The van der Waals surface area contributed by atoms with E-state index < -0.39 is 0 Å². The van der Waals surface area contributed by atoms with Crippen molar-refractivity contribution in [2.75, 3.05) is 11.9 Å². The monoisotopic (exact) mass is 211 g/mol. The largest absolute Gasteiger partial charge is 0.396 e. The van der Waals surface area contributed by atoms with E-state index in [0.29, 0.717) is 18.1 Å². The lowest BCUT2D eigenvalue weighted by atomic mass is 10.1. The lowest BCUT2D eigenvalue weighted by Crippen LogP contribution is -2.22. The molecule has 1 atom stereocenters. The maximum atomic E-state index is 11.2. The average molecular weight is 211 g/mol. The molecule has 0 spiro atoms. The third kappa shape index (κ3) is 3.71. The maximum Gasteiger partial charge on any atom is 0.252 e. The molecule has 15 heavy (non-hydrogen) atoms. The summed E-state index contributed by atoms with van der Waals surface area (Å²) in [6.07, 6.45) is 1.54. The zero-order valence-corrected chi connectivity index (χ0v) is 9.08. The molecule has 0 aliphatic heterocycles. The first-order chi connectivity index (χ1) is 7.15. The van der Waals surface area contributed by atoms with Gasteiger partial charge in [0.2, 0.25) is 0 Å². The molecule has 0 radical (unpaired) electrons. The summed E-state index contributed by atoms with van der Waals surface area (Å²) < 4.78 is 0. The third-order valence-electron chi connectivity index (χ3n) is 2.18. The molecule has 84 valence electrons. The molecule has 1 aromatic heterocycles. The van der Waals surface area contributed by atoms with Crippen LogP contribution in [0, 0.1) is 6.92 Å². The van der Waals surface area contributed by atoms with Gasteiger partial charge in [0.05, 0.1) is 0 Å². The zero-order valence-electron chi connectivity index (χ0n) is 9.08. The molecule has 3 N–H and O–H groups in total. The Balaban J connectivity index is 2.74. The highest BCUT2D eigenvalue weighted by Crippen LogP contribution is 2.06. The first-order valence-electron chi connectivity index (χ1n) is 5.11. The van der Waals surface area contributed by atoms with Gasteiger partial charge in [0, 0.05) is 18.7 Å². The number of aromatic nitrogens is 2. The topological polar surface area (TPSA) is 78.0 Å². The molecule has 0 aliphatic rings. The van der Waals surface area contributed by atoms with Crippen molar-refractivity contribution < 1.29 is 5.11 Å². The van der Waals surface area contributed by atoms with Crippen LogP contribution in [0.4, 0.5) is 5.82 Å². The number of aliphatic hydroxyl groups excluding tert-OH is 1. The fourth-order valence-electron chi connectivity index (χ4n) is 1.40. The van der Waals surface area contributed by atoms with Crippen molar-refractivity contribution in [2.24, 2.45) is 0 Å². The summed E-state index contributed by atoms with van der Waals surface area (Å²) in [4.78, 5) is 17.9. The van der Waals surface area contributed by atoms with Crippen LogP contribution in [0.5, 0.6) is 0 Å². The van der Waals surface area contributed by atoms with Gasteiger partial charge in [0.25, 0.3) is 5.56 Å². The molecule has 1 aromatic rings. The predicted molar refractivity (Wildman–Crippen MR) is 59.0 cm³/mol. The Hall–Kier alpha value is -1.36. The van der Waals surface area contributed by atoms with Crippen molar-refractivity contribution in [3.63, 3.8) is 0 Å². The number of rotatable bonds is 5. The highest BCUT2D eigenvalue weighted by Gasteiger charge is 2.06. The fraction of sp³-hybridized carbons (Fsp3) is 0.600. The van der Waals surface area contributed by atoms with E-state index in [1.165, 1.54) is 6.07 Å². The summed E-state index contributed by atoms with van der Waals surface area (Å²) >= 11 is 0. The number of aryl methyl sites for hydroxylation is 1. The van der Waals surface area contributed by atoms with Crippen molar-refractivity contribution in [1.29, 1.82) is 0 Å². The van der Waals surface area contributed by atoms with Crippen LogP contribution in [-0.2, 0) is 0 Å². The molecule has 5 heteroatoms. The summed E-state index contributed by atoms with van der Waals surface area (Å²) in [6, 6.07) is 1.58. The van der Waals surface area contributed by atoms with Gasteiger partial charge < -0.3 is 15.4 Å². The van der Waals surface area contributed by atoms with E-state index in [4.69, 9.17) is 5.11 Å². The Morgan fingerprint density at radius 2 is 2.40 bits per heavy atom. The molecule has 1 unspecified atom stereocenters. The molecule has 5 nitrogen and oxygen atoms in total. The number of hydrogen-bond donors (Lipinski definition) is 3. The second-order valence-electron chi connectivity index (χ2n) is 3.48. The van der Waals surface area contributed by atoms with Gasteiger partial charge in [-0.1, -0.05) is 6.92 Å². The second kappa shape index (κ2) is 5.50. The predicted octanol–water partition coefficient (Wildman–Crippen LogP) is 0.651. The number of aliphatic hydroxyl groups is 1. The van der Waals surface area contributed by atoms with Crippen LogP contribution in [0.3, 0.4) is 0 Å². The first kappa shape index (κ1) is 11.7. The minimum Gasteiger partial charge on any atom is -0.396 e. The van der Waals surface area contributed by atoms with Gasteiger partial charge in [-0.2, -0.15) is 0 Å². The lowest BCUT2D eigenvalue weighted by molar-refractivity contribution is 0.278. The van der Waals surface area contributed by atoms with Crippen LogP contribution >= 0.6 is 0 Å². The minimum atomic E-state index is -0.163. The molecular weight excluding hydrogens is 194 g/mol. The van der Waals surface area contributed by atoms with E-state index in [0.717, 1.165) is 6.42 Å². The molecule has 0 aliphatic carbocycles. The van der Waals surface area contributed by atoms with Crippen molar-refractivity contribution in [3.8, 4) is 0 Å². The number of aromatic amines is 1. The Kier molecular flexibility index (Phi) is 4.30. The van der Waals surface area contributed by atoms with Gasteiger partial charge in [0.15, 0.2) is 0 Å². The van der Waals surface area contributed by atoms with Gasteiger partial charge in [0.1, 0.15) is 11.6 Å². The number of hydrogen-bond acceptors (Lipinski definition) is 4. The molecule has 0 aromatic carbocycles. The van der Waals surface area contributed by atoms with E-state index in [9.17, 15) is 4.79 Å². The number of H-pyrrole nitrogens is 1. The molecule has 0 bridgehead atoms. The maximum absolute atomic E-state index is 11.2. The Morgan fingerprint density at radius 1 is 1.67 bits per heavy atom. The van der Waals surface area contributed by atoms with E-state index in [2.05, 4.69) is 15.3 Å². The van der Waals surface area contributed by atoms with E-state index in [1.807, 2.05) is 6.92 Å². The Morgan fingerprint density at radius 3 is 2.93 bits per heavy atom. The van der Waals surface area contributed by atoms with Gasteiger partial charge in [-0.25, -0.2) is 4.98 Å². The van der Waals surface area contributed by atoms with Gasteiger partial charge in [-0.3, -0.25) is 4.79 Å². The number of anilines is 1. The average Bonchev–Trinajstić information content (AvgIpc) is 2.15. The van der Waals surface area contributed by atoms with E-state index in [1.54, 1.807) is 6.92 Å². The van der Waals surface area contributed by atoms with Gasteiger partial charge >= 0.3 is 0 Å². The molecule has 0 saturated carbocycles. The zero-order chi connectivity index (χ0) is 11.3. The smallest absolute Gasteiger partial charge is 0.252 e. The Bertz CT molecular complexity index is 362. The van der Waals surface area contributed by atoms with Crippen LogP contribution in [0.1, 0.15) is 25.6 Å². The van der Waals surface area contributed by atoms with Crippen LogP contribution in [-0.4, -0.2) is 27.7 Å². The van der Waals surface area contributed by atoms with Crippen LogP contribution in [0.2, 0.25) is 0 Å². The standard InChI is InChI=1S/C10H17N3O2/c1-3-8(4-5-14)13-9-6-10(15)12-7(2)11-9/h6,8,14H,3-5H2,1-2H3,(H2,11,12,13,15). The normalized spacial score (nSPS) is 12.5. The lowest BCUT2D eigenvalue weighted by Gasteiger charge is -2.16. The highest BCUT2D eigenvalue weighted by molar-refractivity contribution is 5.34. The summed E-state index contributed by atoms with van der Waals surface area (Å²) in [5.74, 6) is 1.15. The summed E-state index contributed by atoms with van der Waals surface area (Å²) in [5, 5.41) is 11.9. The Labute approximate surface area is 88.6 Å². The van der Waals surface area contributed by atoms with E-state index in [-0.39, 0.29) is 18.2 Å². The molecule has 0 fully saturated rings. The van der Waals surface area contributed by atoms with Crippen LogP contribution in [0.25, 0.3) is 0 Å². The van der Waals surface area contributed by atoms with Crippen molar-refractivity contribution in [3.05, 3.63) is 22.2 Å². The van der Waals surface area contributed by atoms with E-state index >= 15 is 0 Å². The van der Waals surface area contributed by atoms with Gasteiger partial charge in [-0.15, -0.1) is 0 Å². The minimum absolute atomic E-state index is 0.133. The number of nitrogens with one attached hydrogen (secondary N) is 2. The van der Waals surface area contributed by atoms with Crippen molar-refractivity contribution in [2.45, 2.75) is 32.7 Å². The van der Waals surface area contributed by atoms with Crippen LogP contribution in [0.15, 0.2) is 10.9 Å². The fourth-order valence-corrected chi connectivity index (χ4v) is 1.40. The molecule has 0 amide bonds. The SMILES string of the molecule is CCC(CCO)Nc1cc(=O)[nH]c(C)n1. The first-order valence-corrected chi connectivity index (χ1v) is 5.11. The number of nitrogens with zero attached hydrogens (tertiary/aromatic N) is 1. The molecule has 0 saturated heterocycles. The molecular formula is C10H17N3O2. The second-order valence-corrected chi connectivity index (χ2v) is 3.48. The third-order valence-corrected chi connectivity index (χ3v) is 2.18. The summed E-state index contributed by atoms with van der Waals surface area (Å²) in [7, 11) is 0. The van der Waals surface area contributed by atoms with Gasteiger partial charge in [-0.05, 0) is 19.8 Å².